The van der Waals surface area contributed by atoms with Crippen LogP contribution in [0.1, 0.15) is 46.7 Å². The highest BCUT2D eigenvalue weighted by molar-refractivity contribution is 5.91. The smallest absolute Gasteiger partial charge is 0.262 e. The van der Waals surface area contributed by atoms with Crippen LogP contribution in [0.25, 0.3) is 0 Å². The maximum Gasteiger partial charge on any atom is 0.262 e. The number of aryl methyl sites for hydroxylation is 2. The summed E-state index contributed by atoms with van der Waals surface area (Å²) in [5.74, 6) is 0.846. The standard InChI is InChI=1S/C29H30N2O3/c1-19-6-11-24(12-7-19)30-27(32)18-34-25-13-10-21-14-15-31(29(33)22-8-9-22)28(26(21)17-25)23-5-3-4-20(2)16-23/h3-7,10-13,16-17,22,28H,8-9,14-15,18H2,1-2H3,(H,30,32)/t28-/m0/s1. The molecule has 0 radical (unpaired) electrons. The summed E-state index contributed by atoms with van der Waals surface area (Å²) in [5.41, 5.74) is 6.48. The van der Waals surface area contributed by atoms with Gasteiger partial charge in [-0.15, -0.1) is 0 Å². The first kappa shape index (κ1) is 22.2. The van der Waals surface area contributed by atoms with E-state index >= 15 is 0 Å². The first-order valence-electron chi connectivity index (χ1n) is 12.0. The number of nitrogens with one attached hydrogen (secondary N) is 1. The number of hydrogen-bond acceptors (Lipinski definition) is 3. The second-order valence-corrected chi connectivity index (χ2v) is 9.44. The molecule has 1 atom stereocenters. The molecule has 0 unspecified atom stereocenters. The van der Waals surface area contributed by atoms with Gasteiger partial charge in [-0.25, -0.2) is 0 Å². The molecule has 3 aromatic carbocycles. The van der Waals surface area contributed by atoms with Gasteiger partial charge in [0, 0.05) is 18.2 Å². The fraction of sp³-hybridized carbons (Fsp3) is 0.310. The predicted molar refractivity (Wildman–Crippen MR) is 133 cm³/mol. The monoisotopic (exact) mass is 454 g/mol. The van der Waals surface area contributed by atoms with E-state index in [0.717, 1.165) is 48.2 Å². The Balaban J connectivity index is 1.37. The molecule has 0 bridgehead atoms. The SMILES string of the molecule is Cc1ccc(NC(=O)COc2ccc3c(c2)[C@H](c2cccc(C)c2)N(C(=O)C2CC2)CC3)cc1. The Hall–Kier alpha value is -3.60. The highest BCUT2D eigenvalue weighted by Gasteiger charge is 2.39. The summed E-state index contributed by atoms with van der Waals surface area (Å²) in [6.07, 6.45) is 2.80. The quantitative estimate of drug-likeness (QED) is 0.557. The lowest BCUT2D eigenvalue weighted by Gasteiger charge is -2.38. The van der Waals surface area contributed by atoms with Gasteiger partial charge in [0.05, 0.1) is 6.04 Å². The number of ether oxygens (including phenoxy) is 1. The van der Waals surface area contributed by atoms with E-state index in [1.165, 1.54) is 11.1 Å². The van der Waals surface area contributed by atoms with Gasteiger partial charge < -0.3 is 15.0 Å². The van der Waals surface area contributed by atoms with E-state index in [9.17, 15) is 9.59 Å². The molecule has 0 spiro atoms. The van der Waals surface area contributed by atoms with Crippen molar-refractivity contribution < 1.29 is 14.3 Å². The van der Waals surface area contributed by atoms with Crippen LogP contribution in [0.4, 0.5) is 5.69 Å². The topological polar surface area (TPSA) is 58.6 Å². The number of rotatable bonds is 6. The maximum atomic E-state index is 13.2. The van der Waals surface area contributed by atoms with Crippen molar-refractivity contribution in [2.24, 2.45) is 5.92 Å². The third kappa shape index (κ3) is 4.84. The lowest BCUT2D eigenvalue weighted by Crippen LogP contribution is -2.41. The van der Waals surface area contributed by atoms with Crippen molar-refractivity contribution >= 4 is 17.5 Å². The van der Waals surface area contributed by atoms with Crippen molar-refractivity contribution in [2.45, 2.75) is 39.2 Å². The predicted octanol–water partition coefficient (Wildman–Crippen LogP) is 5.21. The molecule has 0 aromatic heterocycles. The zero-order chi connectivity index (χ0) is 23.7. The molecule has 1 aliphatic carbocycles. The van der Waals surface area contributed by atoms with Gasteiger partial charge in [0.2, 0.25) is 5.91 Å². The summed E-state index contributed by atoms with van der Waals surface area (Å²) in [6.45, 7) is 4.73. The fourth-order valence-electron chi connectivity index (χ4n) is 4.67. The van der Waals surface area contributed by atoms with Crippen LogP contribution in [0.3, 0.4) is 0 Å². The number of carbonyl (C=O) groups excluding carboxylic acids is 2. The van der Waals surface area contributed by atoms with Crippen molar-refractivity contribution in [2.75, 3.05) is 18.5 Å². The van der Waals surface area contributed by atoms with Gasteiger partial charge >= 0.3 is 0 Å². The average Bonchev–Trinajstić information content (AvgIpc) is 3.68. The van der Waals surface area contributed by atoms with Gasteiger partial charge in [-0.2, -0.15) is 0 Å². The highest BCUT2D eigenvalue weighted by Crippen LogP contribution is 2.41. The fourth-order valence-corrected chi connectivity index (χ4v) is 4.67. The zero-order valence-corrected chi connectivity index (χ0v) is 19.7. The van der Waals surface area contributed by atoms with E-state index < -0.39 is 0 Å². The zero-order valence-electron chi connectivity index (χ0n) is 19.7. The van der Waals surface area contributed by atoms with Gasteiger partial charge in [0.15, 0.2) is 6.61 Å². The molecule has 1 saturated carbocycles. The molecule has 174 valence electrons. The van der Waals surface area contributed by atoms with Gasteiger partial charge in [0.1, 0.15) is 5.75 Å². The third-order valence-electron chi connectivity index (χ3n) is 6.62. The van der Waals surface area contributed by atoms with Crippen LogP contribution in [0, 0.1) is 19.8 Å². The molecular weight excluding hydrogens is 424 g/mol. The summed E-state index contributed by atoms with van der Waals surface area (Å²) in [6, 6.07) is 21.9. The molecular formula is C29H30N2O3. The Bertz CT molecular complexity index is 1210. The van der Waals surface area contributed by atoms with E-state index in [0.29, 0.717) is 5.75 Å². The van der Waals surface area contributed by atoms with Crippen LogP contribution >= 0.6 is 0 Å². The van der Waals surface area contributed by atoms with Gasteiger partial charge in [0.25, 0.3) is 5.91 Å². The summed E-state index contributed by atoms with van der Waals surface area (Å²) in [4.78, 5) is 27.6. The highest BCUT2D eigenvalue weighted by atomic mass is 16.5. The maximum absolute atomic E-state index is 13.2. The summed E-state index contributed by atoms with van der Waals surface area (Å²) in [5, 5.41) is 2.87. The van der Waals surface area contributed by atoms with Crippen LogP contribution in [-0.4, -0.2) is 29.9 Å². The molecule has 0 saturated heterocycles. The Kier molecular flexibility index (Phi) is 6.10. The van der Waals surface area contributed by atoms with Crippen molar-refractivity contribution in [3.05, 3.63) is 94.5 Å². The number of benzene rings is 3. The van der Waals surface area contributed by atoms with E-state index in [-0.39, 0.29) is 30.4 Å². The molecule has 5 nitrogen and oxygen atoms in total. The Morgan fingerprint density at radius 3 is 2.50 bits per heavy atom. The van der Waals surface area contributed by atoms with E-state index in [1.54, 1.807) is 0 Å². The number of amides is 2. The number of nitrogens with zero attached hydrogens (tertiary/aromatic N) is 1. The Labute approximate surface area is 200 Å². The molecule has 1 fully saturated rings. The molecule has 2 aliphatic rings. The molecule has 1 N–H and O–H groups in total. The minimum atomic E-state index is -0.206. The first-order valence-corrected chi connectivity index (χ1v) is 12.0. The molecule has 5 rings (SSSR count). The normalized spacial score (nSPS) is 17.1. The largest absolute Gasteiger partial charge is 0.484 e. The van der Waals surface area contributed by atoms with Crippen molar-refractivity contribution in [3.8, 4) is 5.75 Å². The number of anilines is 1. The molecule has 1 aliphatic heterocycles. The Morgan fingerprint density at radius 1 is 0.971 bits per heavy atom. The van der Waals surface area contributed by atoms with Crippen LogP contribution in [-0.2, 0) is 16.0 Å². The van der Waals surface area contributed by atoms with E-state index in [2.05, 4.69) is 42.6 Å². The molecule has 5 heteroatoms. The lowest BCUT2D eigenvalue weighted by molar-refractivity contribution is -0.134. The molecule has 3 aromatic rings. The second kappa shape index (κ2) is 9.34. The Morgan fingerprint density at radius 2 is 1.76 bits per heavy atom. The van der Waals surface area contributed by atoms with Crippen LogP contribution in [0.2, 0.25) is 0 Å². The second-order valence-electron chi connectivity index (χ2n) is 9.44. The molecule has 2 amide bonds. The minimum absolute atomic E-state index is 0.0769. The summed E-state index contributed by atoms with van der Waals surface area (Å²) < 4.78 is 5.88. The average molecular weight is 455 g/mol. The van der Waals surface area contributed by atoms with Crippen molar-refractivity contribution in [1.82, 2.24) is 4.90 Å². The number of carbonyl (C=O) groups is 2. The number of hydrogen-bond donors (Lipinski definition) is 1. The molecule has 1 heterocycles. The van der Waals surface area contributed by atoms with Crippen LogP contribution in [0.15, 0.2) is 66.7 Å². The first-order chi connectivity index (χ1) is 16.5. The van der Waals surface area contributed by atoms with Crippen LogP contribution in [0.5, 0.6) is 5.75 Å². The van der Waals surface area contributed by atoms with Crippen molar-refractivity contribution in [3.63, 3.8) is 0 Å². The lowest BCUT2D eigenvalue weighted by atomic mass is 9.87. The van der Waals surface area contributed by atoms with E-state index in [4.69, 9.17) is 4.74 Å². The van der Waals surface area contributed by atoms with Gasteiger partial charge in [-0.05, 0) is 74.1 Å². The van der Waals surface area contributed by atoms with Gasteiger partial charge in [-0.3, -0.25) is 9.59 Å². The summed E-state index contributed by atoms with van der Waals surface area (Å²) >= 11 is 0. The van der Waals surface area contributed by atoms with Crippen LogP contribution < -0.4 is 10.1 Å². The number of fused-ring (bicyclic) bond motifs is 1. The van der Waals surface area contributed by atoms with E-state index in [1.807, 2.05) is 48.2 Å². The summed E-state index contributed by atoms with van der Waals surface area (Å²) in [7, 11) is 0. The minimum Gasteiger partial charge on any atom is -0.484 e. The van der Waals surface area contributed by atoms with Crippen molar-refractivity contribution in [1.29, 1.82) is 0 Å². The molecule has 34 heavy (non-hydrogen) atoms. The van der Waals surface area contributed by atoms with Gasteiger partial charge in [-0.1, -0.05) is 53.6 Å². The third-order valence-corrected chi connectivity index (χ3v) is 6.62.